The summed E-state index contributed by atoms with van der Waals surface area (Å²) in [6.45, 7) is 4.96. The van der Waals surface area contributed by atoms with Crippen molar-refractivity contribution < 1.29 is 0 Å². The number of fused-ring (bicyclic) bond motifs is 1. The van der Waals surface area contributed by atoms with E-state index in [9.17, 15) is 0 Å². The van der Waals surface area contributed by atoms with Crippen molar-refractivity contribution in [2.24, 2.45) is 7.05 Å². The number of nitrogens with zero attached hydrogens (tertiary/aromatic N) is 2. The molecule has 1 aromatic carbocycles. The number of rotatable bonds is 5. The van der Waals surface area contributed by atoms with Crippen LogP contribution in [-0.2, 0) is 7.05 Å². The predicted molar refractivity (Wildman–Crippen MR) is 79.8 cm³/mol. The maximum absolute atomic E-state index is 4.69. The van der Waals surface area contributed by atoms with Gasteiger partial charge in [0.15, 0.2) is 0 Å². The summed E-state index contributed by atoms with van der Waals surface area (Å²) >= 11 is 0. The van der Waals surface area contributed by atoms with E-state index >= 15 is 0 Å². The average molecular weight is 255 g/mol. The Morgan fingerprint density at radius 1 is 1.37 bits per heavy atom. The lowest BCUT2D eigenvalue weighted by molar-refractivity contribution is 0.506. The second-order valence-corrected chi connectivity index (χ2v) is 4.60. The molecule has 0 amide bonds. The van der Waals surface area contributed by atoms with Crippen LogP contribution in [0.5, 0.6) is 0 Å². The highest BCUT2D eigenvalue weighted by Crippen LogP contribution is 2.25. The number of hydrogen-bond donors (Lipinski definition) is 1. The van der Waals surface area contributed by atoms with E-state index in [1.54, 1.807) is 0 Å². The minimum atomic E-state index is 0.275. The Morgan fingerprint density at radius 2 is 2.16 bits per heavy atom. The van der Waals surface area contributed by atoms with Crippen LogP contribution in [0, 0.1) is 11.8 Å². The lowest BCUT2D eigenvalue weighted by atomic mass is 10.0. The minimum Gasteiger partial charge on any atom is -0.309 e. The van der Waals surface area contributed by atoms with Gasteiger partial charge in [-0.1, -0.05) is 25.1 Å². The zero-order chi connectivity index (χ0) is 13.7. The third-order valence-corrected chi connectivity index (χ3v) is 3.30. The number of benzene rings is 1. The van der Waals surface area contributed by atoms with E-state index in [2.05, 4.69) is 48.3 Å². The average Bonchev–Trinajstić information content (AvgIpc) is 2.76. The molecule has 19 heavy (non-hydrogen) atoms. The smallest absolute Gasteiger partial charge is 0.0872 e. The minimum absolute atomic E-state index is 0.275. The molecule has 100 valence electrons. The summed E-state index contributed by atoms with van der Waals surface area (Å²) in [5, 5.41) is 9.45. The Hall–Kier alpha value is -1.79. The van der Waals surface area contributed by atoms with Crippen LogP contribution in [0.3, 0.4) is 0 Å². The van der Waals surface area contributed by atoms with Crippen molar-refractivity contribution in [3.63, 3.8) is 0 Å². The molecule has 0 bridgehead atoms. The van der Waals surface area contributed by atoms with Gasteiger partial charge < -0.3 is 5.32 Å². The van der Waals surface area contributed by atoms with E-state index in [-0.39, 0.29) is 6.04 Å². The largest absolute Gasteiger partial charge is 0.309 e. The van der Waals surface area contributed by atoms with Gasteiger partial charge in [-0.15, -0.1) is 11.8 Å². The number of nitrogens with one attached hydrogen (secondary N) is 1. The number of aromatic nitrogens is 2. The van der Waals surface area contributed by atoms with Gasteiger partial charge in [0, 0.05) is 18.9 Å². The number of para-hydroxylation sites is 1. The Morgan fingerprint density at radius 3 is 2.89 bits per heavy atom. The molecule has 0 radical (unpaired) electrons. The van der Waals surface area contributed by atoms with E-state index in [1.165, 1.54) is 10.9 Å². The summed E-state index contributed by atoms with van der Waals surface area (Å²) in [6.07, 6.45) is 1.90. The van der Waals surface area contributed by atoms with Crippen LogP contribution >= 0.6 is 0 Å². The van der Waals surface area contributed by atoms with Gasteiger partial charge in [-0.3, -0.25) is 4.68 Å². The lowest BCUT2D eigenvalue weighted by Gasteiger charge is -2.14. The molecule has 0 fully saturated rings. The third-order valence-electron chi connectivity index (χ3n) is 3.30. The van der Waals surface area contributed by atoms with Crippen LogP contribution < -0.4 is 5.32 Å². The van der Waals surface area contributed by atoms with Crippen LogP contribution in [0.15, 0.2) is 24.3 Å². The first-order chi connectivity index (χ1) is 9.27. The zero-order valence-corrected chi connectivity index (χ0v) is 11.9. The van der Waals surface area contributed by atoms with Gasteiger partial charge in [0.05, 0.1) is 17.3 Å². The molecule has 0 spiro atoms. The van der Waals surface area contributed by atoms with Gasteiger partial charge in [-0.05, 0) is 26.0 Å². The SMILES string of the molecule is CC#CCCC(NCC)c1nn(C)c2ccccc12. The molecule has 1 heterocycles. The van der Waals surface area contributed by atoms with Gasteiger partial charge >= 0.3 is 0 Å². The van der Waals surface area contributed by atoms with Crippen LogP contribution in [0.2, 0.25) is 0 Å². The van der Waals surface area contributed by atoms with Crippen molar-refractivity contribution in [1.82, 2.24) is 15.1 Å². The predicted octanol–water partition coefficient (Wildman–Crippen LogP) is 3.03. The van der Waals surface area contributed by atoms with Crippen molar-refractivity contribution in [2.75, 3.05) is 6.54 Å². The summed E-state index contributed by atoms with van der Waals surface area (Å²) in [7, 11) is 2.00. The number of hydrogen-bond acceptors (Lipinski definition) is 2. The maximum Gasteiger partial charge on any atom is 0.0872 e. The van der Waals surface area contributed by atoms with Crippen molar-refractivity contribution in [1.29, 1.82) is 0 Å². The van der Waals surface area contributed by atoms with Crippen LogP contribution in [-0.4, -0.2) is 16.3 Å². The molecule has 2 aromatic rings. The molecule has 3 nitrogen and oxygen atoms in total. The Bertz CT molecular complexity index is 601. The molecule has 0 aliphatic rings. The van der Waals surface area contributed by atoms with Crippen molar-refractivity contribution >= 4 is 10.9 Å². The van der Waals surface area contributed by atoms with Crippen molar-refractivity contribution in [3.8, 4) is 11.8 Å². The Kier molecular flexibility index (Phi) is 4.59. The second-order valence-electron chi connectivity index (χ2n) is 4.60. The van der Waals surface area contributed by atoms with Gasteiger partial charge in [0.1, 0.15) is 0 Å². The van der Waals surface area contributed by atoms with Gasteiger partial charge in [-0.2, -0.15) is 5.10 Å². The fourth-order valence-corrected chi connectivity index (χ4v) is 2.42. The molecule has 0 aliphatic heterocycles. The van der Waals surface area contributed by atoms with E-state index in [4.69, 9.17) is 5.10 Å². The van der Waals surface area contributed by atoms with E-state index in [0.29, 0.717) is 0 Å². The third kappa shape index (κ3) is 2.97. The van der Waals surface area contributed by atoms with Crippen LogP contribution in [0.1, 0.15) is 38.4 Å². The lowest BCUT2D eigenvalue weighted by Crippen LogP contribution is -2.21. The Balaban J connectivity index is 2.34. The number of aryl methyl sites for hydroxylation is 1. The maximum atomic E-state index is 4.69. The fraction of sp³-hybridized carbons (Fsp3) is 0.438. The van der Waals surface area contributed by atoms with Crippen LogP contribution in [0.4, 0.5) is 0 Å². The van der Waals surface area contributed by atoms with Gasteiger partial charge in [0.25, 0.3) is 0 Å². The zero-order valence-electron chi connectivity index (χ0n) is 11.9. The first-order valence-corrected chi connectivity index (χ1v) is 6.82. The highest BCUT2D eigenvalue weighted by molar-refractivity contribution is 5.82. The molecule has 0 saturated carbocycles. The molecular weight excluding hydrogens is 234 g/mol. The van der Waals surface area contributed by atoms with Crippen molar-refractivity contribution in [2.45, 2.75) is 32.7 Å². The van der Waals surface area contributed by atoms with Crippen LogP contribution in [0.25, 0.3) is 10.9 Å². The van der Waals surface area contributed by atoms with Gasteiger partial charge in [-0.25, -0.2) is 0 Å². The summed E-state index contributed by atoms with van der Waals surface area (Å²) < 4.78 is 1.96. The molecule has 0 saturated heterocycles. The normalized spacial score (nSPS) is 12.2. The first-order valence-electron chi connectivity index (χ1n) is 6.82. The topological polar surface area (TPSA) is 29.9 Å². The summed E-state index contributed by atoms with van der Waals surface area (Å²) in [4.78, 5) is 0. The Labute approximate surface area is 115 Å². The molecule has 1 N–H and O–H groups in total. The molecule has 3 heteroatoms. The quantitative estimate of drug-likeness (QED) is 0.832. The molecule has 2 rings (SSSR count). The van der Waals surface area contributed by atoms with Crippen molar-refractivity contribution in [3.05, 3.63) is 30.0 Å². The molecular formula is C16H21N3. The highest BCUT2D eigenvalue weighted by atomic mass is 15.3. The standard InChI is InChI=1S/C16H21N3/c1-4-6-7-11-14(17-5-2)16-13-10-8-9-12-15(13)19(3)18-16/h8-10,12,14,17H,5,7,11H2,1-3H3. The summed E-state index contributed by atoms with van der Waals surface area (Å²) in [5.74, 6) is 6.09. The molecule has 1 aromatic heterocycles. The van der Waals surface area contributed by atoms with Gasteiger partial charge in [0.2, 0.25) is 0 Å². The molecule has 1 unspecified atom stereocenters. The summed E-state index contributed by atoms with van der Waals surface area (Å²) in [6, 6.07) is 8.66. The van der Waals surface area contributed by atoms with E-state index < -0.39 is 0 Å². The van der Waals surface area contributed by atoms with E-state index in [1.807, 2.05) is 18.7 Å². The molecule has 1 atom stereocenters. The first kappa shape index (κ1) is 13.6. The summed E-state index contributed by atoms with van der Waals surface area (Å²) in [5.41, 5.74) is 2.32. The monoisotopic (exact) mass is 255 g/mol. The fourth-order valence-electron chi connectivity index (χ4n) is 2.42. The highest BCUT2D eigenvalue weighted by Gasteiger charge is 2.17. The molecule has 0 aliphatic carbocycles. The van der Waals surface area contributed by atoms with E-state index in [0.717, 1.165) is 25.1 Å². The second kappa shape index (κ2) is 6.40.